The predicted octanol–water partition coefficient (Wildman–Crippen LogP) is 2.03. The Labute approximate surface area is 112 Å². The number of piperidine rings is 1. The molecule has 1 aromatic heterocycles. The molecule has 1 aliphatic rings. The zero-order chi connectivity index (χ0) is 13.2. The van der Waals surface area contributed by atoms with Gasteiger partial charge in [0.1, 0.15) is 0 Å². The van der Waals surface area contributed by atoms with E-state index in [0.29, 0.717) is 12.5 Å². The van der Waals surface area contributed by atoms with E-state index in [4.69, 9.17) is 5.73 Å². The number of nitrogens with zero attached hydrogens (tertiary/aromatic N) is 2. The van der Waals surface area contributed by atoms with Crippen molar-refractivity contribution < 1.29 is 5.11 Å². The minimum Gasteiger partial charge on any atom is -0.398 e. The molecule has 1 aromatic carbocycles. The second-order valence-corrected chi connectivity index (χ2v) is 5.19. The van der Waals surface area contributed by atoms with Crippen LogP contribution in [-0.4, -0.2) is 29.8 Å². The number of hydrogen-bond donors (Lipinski definition) is 2. The van der Waals surface area contributed by atoms with Crippen LogP contribution in [0.25, 0.3) is 10.9 Å². The standard InChI is InChI=1S/C15H19N3O/c16-13-3-4-14(15-12(13)2-1-7-17-15)18-8-5-11(10-19)6-9-18/h1-4,7,11,19H,5-6,8-10,16H2. The van der Waals surface area contributed by atoms with Gasteiger partial charge >= 0.3 is 0 Å². The van der Waals surface area contributed by atoms with Gasteiger partial charge < -0.3 is 15.7 Å². The topological polar surface area (TPSA) is 62.4 Å². The van der Waals surface area contributed by atoms with Crippen molar-refractivity contribution in [3.05, 3.63) is 30.5 Å². The highest BCUT2D eigenvalue weighted by Gasteiger charge is 2.20. The monoisotopic (exact) mass is 257 g/mol. The lowest BCUT2D eigenvalue weighted by atomic mass is 9.97. The van der Waals surface area contributed by atoms with E-state index < -0.39 is 0 Å². The summed E-state index contributed by atoms with van der Waals surface area (Å²) in [5, 5.41) is 10.2. The highest BCUT2D eigenvalue weighted by molar-refractivity contribution is 5.98. The number of aliphatic hydroxyl groups excluding tert-OH is 1. The molecular formula is C15H19N3O. The Morgan fingerprint density at radius 3 is 2.79 bits per heavy atom. The molecule has 0 amide bonds. The predicted molar refractivity (Wildman–Crippen MR) is 78.2 cm³/mol. The summed E-state index contributed by atoms with van der Waals surface area (Å²) in [7, 11) is 0. The van der Waals surface area contributed by atoms with Crippen molar-refractivity contribution in [3.8, 4) is 0 Å². The summed E-state index contributed by atoms with van der Waals surface area (Å²) < 4.78 is 0. The maximum Gasteiger partial charge on any atom is 0.0955 e. The van der Waals surface area contributed by atoms with Crippen LogP contribution < -0.4 is 10.6 Å². The second-order valence-electron chi connectivity index (χ2n) is 5.19. The molecule has 3 rings (SSSR count). The lowest BCUT2D eigenvalue weighted by Gasteiger charge is -2.33. The minimum atomic E-state index is 0.300. The lowest BCUT2D eigenvalue weighted by Crippen LogP contribution is -2.34. The van der Waals surface area contributed by atoms with Crippen molar-refractivity contribution in [2.45, 2.75) is 12.8 Å². The number of anilines is 2. The number of aromatic nitrogens is 1. The van der Waals surface area contributed by atoms with Crippen LogP contribution in [0.15, 0.2) is 30.5 Å². The fourth-order valence-electron chi connectivity index (χ4n) is 2.79. The summed E-state index contributed by atoms with van der Waals surface area (Å²) in [5.41, 5.74) is 8.91. The van der Waals surface area contributed by atoms with Gasteiger partial charge in [-0.3, -0.25) is 4.98 Å². The molecule has 2 aromatic rings. The first-order chi connectivity index (χ1) is 9.29. The Bertz CT molecular complexity index is 577. The molecule has 1 fully saturated rings. The molecule has 1 saturated heterocycles. The maximum atomic E-state index is 9.21. The van der Waals surface area contributed by atoms with Gasteiger partial charge in [0.25, 0.3) is 0 Å². The lowest BCUT2D eigenvalue weighted by molar-refractivity contribution is 0.203. The fraction of sp³-hybridized carbons (Fsp3) is 0.400. The van der Waals surface area contributed by atoms with Crippen molar-refractivity contribution in [2.75, 3.05) is 30.3 Å². The SMILES string of the molecule is Nc1ccc(N2CCC(CO)CC2)c2ncccc12. The Morgan fingerprint density at radius 2 is 2.05 bits per heavy atom. The van der Waals surface area contributed by atoms with Crippen LogP contribution in [0, 0.1) is 5.92 Å². The summed E-state index contributed by atoms with van der Waals surface area (Å²) >= 11 is 0. The molecule has 100 valence electrons. The Morgan fingerprint density at radius 1 is 1.26 bits per heavy atom. The largest absolute Gasteiger partial charge is 0.398 e. The van der Waals surface area contributed by atoms with Gasteiger partial charge in [-0.25, -0.2) is 0 Å². The number of rotatable bonds is 2. The third-order valence-corrected chi connectivity index (χ3v) is 4.00. The van der Waals surface area contributed by atoms with Gasteiger partial charge in [-0.2, -0.15) is 0 Å². The Hall–Kier alpha value is -1.81. The third-order valence-electron chi connectivity index (χ3n) is 4.00. The summed E-state index contributed by atoms with van der Waals surface area (Å²) in [5.74, 6) is 0.448. The molecule has 1 aliphatic heterocycles. The summed E-state index contributed by atoms with van der Waals surface area (Å²) in [6, 6.07) is 7.95. The van der Waals surface area contributed by atoms with Crippen LogP contribution in [0.1, 0.15) is 12.8 Å². The molecule has 19 heavy (non-hydrogen) atoms. The quantitative estimate of drug-likeness (QED) is 0.808. The van der Waals surface area contributed by atoms with E-state index in [9.17, 15) is 5.11 Å². The minimum absolute atomic E-state index is 0.300. The Balaban J connectivity index is 1.95. The first kappa shape index (κ1) is 12.2. The van der Waals surface area contributed by atoms with Gasteiger partial charge in [-0.1, -0.05) is 0 Å². The number of hydrogen-bond acceptors (Lipinski definition) is 4. The number of fused-ring (bicyclic) bond motifs is 1. The van der Waals surface area contributed by atoms with Gasteiger partial charge in [0.05, 0.1) is 11.2 Å². The molecule has 4 heteroatoms. The second kappa shape index (κ2) is 5.05. The number of pyridine rings is 1. The van der Waals surface area contributed by atoms with E-state index >= 15 is 0 Å². The van der Waals surface area contributed by atoms with Gasteiger partial charge in [-0.15, -0.1) is 0 Å². The van der Waals surface area contributed by atoms with E-state index in [1.807, 2.05) is 24.4 Å². The molecule has 0 bridgehead atoms. The average Bonchev–Trinajstić information content (AvgIpc) is 2.48. The van der Waals surface area contributed by atoms with Gasteiger partial charge in [0, 0.05) is 37.0 Å². The van der Waals surface area contributed by atoms with E-state index in [0.717, 1.165) is 48.2 Å². The number of nitrogen functional groups attached to an aromatic ring is 1. The highest BCUT2D eigenvalue weighted by atomic mass is 16.3. The summed E-state index contributed by atoms with van der Waals surface area (Å²) in [6.45, 7) is 2.25. The first-order valence-electron chi connectivity index (χ1n) is 6.78. The molecule has 0 aliphatic carbocycles. The van der Waals surface area contributed by atoms with E-state index in [2.05, 4.69) is 16.0 Å². The van der Waals surface area contributed by atoms with Crippen molar-refractivity contribution >= 4 is 22.3 Å². The highest BCUT2D eigenvalue weighted by Crippen LogP contribution is 2.31. The molecule has 0 spiro atoms. The molecule has 0 saturated carbocycles. The van der Waals surface area contributed by atoms with Crippen LogP contribution >= 0.6 is 0 Å². The Kier molecular flexibility index (Phi) is 3.25. The average molecular weight is 257 g/mol. The van der Waals surface area contributed by atoms with Crippen molar-refractivity contribution in [3.63, 3.8) is 0 Å². The van der Waals surface area contributed by atoms with Gasteiger partial charge in [0.15, 0.2) is 0 Å². The molecule has 3 N–H and O–H groups in total. The van der Waals surface area contributed by atoms with Crippen LogP contribution in [0.2, 0.25) is 0 Å². The van der Waals surface area contributed by atoms with Crippen LogP contribution in [0.3, 0.4) is 0 Å². The van der Waals surface area contributed by atoms with Gasteiger partial charge in [0.2, 0.25) is 0 Å². The van der Waals surface area contributed by atoms with Crippen molar-refractivity contribution in [1.82, 2.24) is 4.98 Å². The maximum absolute atomic E-state index is 9.21. The van der Waals surface area contributed by atoms with E-state index in [1.165, 1.54) is 0 Å². The van der Waals surface area contributed by atoms with Gasteiger partial charge in [-0.05, 0) is 43.0 Å². The number of benzene rings is 1. The number of nitrogens with two attached hydrogens (primary N) is 1. The third kappa shape index (κ3) is 2.24. The summed E-state index contributed by atoms with van der Waals surface area (Å²) in [4.78, 5) is 6.83. The first-order valence-corrected chi connectivity index (χ1v) is 6.78. The zero-order valence-corrected chi connectivity index (χ0v) is 10.9. The normalized spacial score (nSPS) is 17.0. The number of aliphatic hydroxyl groups is 1. The smallest absolute Gasteiger partial charge is 0.0955 e. The van der Waals surface area contributed by atoms with E-state index in [-0.39, 0.29) is 0 Å². The van der Waals surface area contributed by atoms with E-state index in [1.54, 1.807) is 0 Å². The molecule has 0 atom stereocenters. The van der Waals surface area contributed by atoms with Crippen molar-refractivity contribution in [1.29, 1.82) is 0 Å². The molecular weight excluding hydrogens is 238 g/mol. The van der Waals surface area contributed by atoms with Crippen LogP contribution in [0.4, 0.5) is 11.4 Å². The molecule has 2 heterocycles. The van der Waals surface area contributed by atoms with Crippen LogP contribution in [-0.2, 0) is 0 Å². The van der Waals surface area contributed by atoms with Crippen LogP contribution in [0.5, 0.6) is 0 Å². The molecule has 4 nitrogen and oxygen atoms in total. The summed E-state index contributed by atoms with van der Waals surface area (Å²) in [6.07, 6.45) is 3.89. The zero-order valence-electron chi connectivity index (χ0n) is 10.9. The molecule has 0 unspecified atom stereocenters. The fourth-order valence-corrected chi connectivity index (χ4v) is 2.79. The van der Waals surface area contributed by atoms with Crippen molar-refractivity contribution in [2.24, 2.45) is 5.92 Å². The molecule has 0 radical (unpaired) electrons.